The molecule has 2 unspecified atom stereocenters. The first-order valence-electron chi connectivity index (χ1n) is 10.7. The topological polar surface area (TPSA) is 46.5 Å². The summed E-state index contributed by atoms with van der Waals surface area (Å²) in [5.74, 6) is -0.00609. The molecule has 0 spiro atoms. The molecule has 1 aromatic carbocycles. The second kappa shape index (κ2) is 9.14. The maximum atomic E-state index is 12.9. The van der Waals surface area contributed by atoms with Gasteiger partial charge >= 0.3 is 0 Å². The van der Waals surface area contributed by atoms with Crippen molar-refractivity contribution < 1.29 is 9.53 Å². The fraction of sp³-hybridized carbons (Fsp3) is 0.542. The molecule has 158 valence electrons. The standard InChI is InChI=1S/C24H35N3O2/c1-16(2)27-17(3)11-23(20(27)6)24(28)25-12-21-9-7-8-10-22(21)15-26-13-18(4)29-19(5)14-26/h7-11,16,18-19H,12-15H2,1-6H3,(H,25,28). The quantitative estimate of drug-likeness (QED) is 0.794. The van der Waals surface area contributed by atoms with E-state index in [9.17, 15) is 4.79 Å². The number of aromatic nitrogens is 1. The van der Waals surface area contributed by atoms with Crippen molar-refractivity contribution in [3.05, 3.63) is 58.4 Å². The Hall–Kier alpha value is -2.11. The lowest BCUT2D eigenvalue weighted by atomic mass is 10.1. The Morgan fingerprint density at radius 2 is 1.76 bits per heavy atom. The number of ether oxygens (including phenoxy) is 1. The van der Waals surface area contributed by atoms with Crippen LogP contribution in [-0.4, -0.2) is 40.7 Å². The van der Waals surface area contributed by atoms with E-state index in [0.29, 0.717) is 12.6 Å². The van der Waals surface area contributed by atoms with Gasteiger partial charge in [0.2, 0.25) is 0 Å². The number of rotatable bonds is 6. The molecular formula is C24H35N3O2. The third-order valence-corrected chi connectivity index (χ3v) is 5.69. The van der Waals surface area contributed by atoms with Crippen molar-refractivity contribution >= 4 is 5.91 Å². The minimum atomic E-state index is -0.00609. The number of carbonyl (C=O) groups excluding carboxylic acids is 1. The summed E-state index contributed by atoms with van der Waals surface area (Å²) in [5.41, 5.74) is 5.36. The SMILES string of the molecule is Cc1cc(C(=O)NCc2ccccc2CN2CC(C)OC(C)C2)c(C)n1C(C)C. The third-order valence-electron chi connectivity index (χ3n) is 5.69. The van der Waals surface area contributed by atoms with Crippen molar-refractivity contribution in [1.82, 2.24) is 14.8 Å². The number of benzene rings is 1. The van der Waals surface area contributed by atoms with Gasteiger partial charge < -0.3 is 14.6 Å². The highest BCUT2D eigenvalue weighted by atomic mass is 16.5. The number of carbonyl (C=O) groups is 1. The van der Waals surface area contributed by atoms with Crippen LogP contribution in [0, 0.1) is 13.8 Å². The van der Waals surface area contributed by atoms with E-state index in [0.717, 1.165) is 36.6 Å². The lowest BCUT2D eigenvalue weighted by Crippen LogP contribution is -2.45. The van der Waals surface area contributed by atoms with Gasteiger partial charge in [0.15, 0.2) is 0 Å². The Kier molecular flexibility index (Phi) is 6.81. The van der Waals surface area contributed by atoms with Crippen molar-refractivity contribution in [2.24, 2.45) is 0 Å². The van der Waals surface area contributed by atoms with Gasteiger partial charge in [-0.1, -0.05) is 24.3 Å². The Morgan fingerprint density at radius 3 is 2.34 bits per heavy atom. The van der Waals surface area contributed by atoms with Crippen LogP contribution in [0.2, 0.25) is 0 Å². The van der Waals surface area contributed by atoms with Crippen LogP contribution < -0.4 is 5.32 Å². The zero-order chi connectivity index (χ0) is 21.1. The van der Waals surface area contributed by atoms with Crippen LogP contribution in [0.25, 0.3) is 0 Å². The van der Waals surface area contributed by atoms with Gasteiger partial charge in [-0.15, -0.1) is 0 Å². The summed E-state index contributed by atoms with van der Waals surface area (Å²) in [4.78, 5) is 15.3. The first-order chi connectivity index (χ1) is 13.8. The van der Waals surface area contributed by atoms with Crippen LogP contribution in [0.5, 0.6) is 0 Å². The first-order valence-corrected chi connectivity index (χ1v) is 10.7. The van der Waals surface area contributed by atoms with E-state index in [4.69, 9.17) is 4.74 Å². The van der Waals surface area contributed by atoms with Crippen molar-refractivity contribution in [3.8, 4) is 0 Å². The van der Waals surface area contributed by atoms with Crippen molar-refractivity contribution in [3.63, 3.8) is 0 Å². The normalized spacial score (nSPS) is 20.2. The number of hydrogen-bond donors (Lipinski definition) is 1. The lowest BCUT2D eigenvalue weighted by Gasteiger charge is -2.35. The van der Waals surface area contributed by atoms with Gasteiger partial charge in [-0.05, 0) is 58.7 Å². The van der Waals surface area contributed by atoms with E-state index in [-0.39, 0.29) is 18.1 Å². The van der Waals surface area contributed by atoms with E-state index in [2.05, 4.69) is 67.6 Å². The van der Waals surface area contributed by atoms with Crippen molar-refractivity contribution in [2.45, 2.75) is 72.9 Å². The molecule has 5 nitrogen and oxygen atoms in total. The highest BCUT2D eigenvalue weighted by Gasteiger charge is 2.23. The summed E-state index contributed by atoms with van der Waals surface area (Å²) in [5, 5.41) is 3.14. The van der Waals surface area contributed by atoms with E-state index in [1.54, 1.807) is 0 Å². The van der Waals surface area contributed by atoms with Gasteiger partial charge in [-0.25, -0.2) is 0 Å². The molecule has 1 aliphatic heterocycles. The van der Waals surface area contributed by atoms with Crippen LogP contribution in [0.4, 0.5) is 0 Å². The predicted molar refractivity (Wildman–Crippen MR) is 117 cm³/mol. The van der Waals surface area contributed by atoms with Gasteiger partial charge in [0.1, 0.15) is 0 Å². The first kappa shape index (κ1) is 21.6. The van der Waals surface area contributed by atoms with E-state index < -0.39 is 0 Å². The van der Waals surface area contributed by atoms with Crippen molar-refractivity contribution in [1.29, 1.82) is 0 Å². The van der Waals surface area contributed by atoms with Crippen molar-refractivity contribution in [2.75, 3.05) is 13.1 Å². The average Bonchev–Trinajstić information content (AvgIpc) is 2.94. The molecule has 1 N–H and O–H groups in total. The van der Waals surface area contributed by atoms with Crippen LogP contribution in [0.15, 0.2) is 30.3 Å². The largest absolute Gasteiger partial charge is 0.373 e. The minimum absolute atomic E-state index is 0.00609. The summed E-state index contributed by atoms with van der Waals surface area (Å²) in [6.07, 6.45) is 0.503. The number of morpholine rings is 1. The van der Waals surface area contributed by atoms with E-state index >= 15 is 0 Å². The second-order valence-corrected chi connectivity index (χ2v) is 8.65. The Bertz CT molecular complexity index is 846. The Labute approximate surface area is 175 Å². The number of hydrogen-bond acceptors (Lipinski definition) is 3. The monoisotopic (exact) mass is 397 g/mol. The van der Waals surface area contributed by atoms with Crippen LogP contribution in [-0.2, 0) is 17.8 Å². The molecule has 3 rings (SSSR count). The molecular weight excluding hydrogens is 362 g/mol. The van der Waals surface area contributed by atoms with Gasteiger partial charge in [-0.2, -0.15) is 0 Å². The fourth-order valence-corrected chi connectivity index (χ4v) is 4.61. The highest BCUT2D eigenvalue weighted by molar-refractivity contribution is 5.95. The molecule has 1 aliphatic rings. The van der Waals surface area contributed by atoms with Crippen LogP contribution in [0.1, 0.15) is 66.6 Å². The highest BCUT2D eigenvalue weighted by Crippen LogP contribution is 2.21. The molecule has 1 saturated heterocycles. The smallest absolute Gasteiger partial charge is 0.253 e. The molecule has 1 fully saturated rings. The van der Waals surface area contributed by atoms with E-state index in [1.165, 1.54) is 11.1 Å². The Balaban J connectivity index is 1.69. The number of amides is 1. The van der Waals surface area contributed by atoms with Gasteiger partial charge in [0, 0.05) is 43.6 Å². The molecule has 29 heavy (non-hydrogen) atoms. The molecule has 0 bridgehead atoms. The molecule has 0 saturated carbocycles. The summed E-state index contributed by atoms with van der Waals surface area (Å²) in [6, 6.07) is 10.7. The number of nitrogens with one attached hydrogen (secondary N) is 1. The van der Waals surface area contributed by atoms with Gasteiger partial charge in [-0.3, -0.25) is 9.69 Å². The summed E-state index contributed by atoms with van der Waals surface area (Å²) in [7, 11) is 0. The molecule has 0 aliphatic carbocycles. The van der Waals surface area contributed by atoms with Crippen LogP contribution in [0.3, 0.4) is 0 Å². The maximum Gasteiger partial charge on any atom is 0.253 e. The molecule has 2 heterocycles. The second-order valence-electron chi connectivity index (χ2n) is 8.65. The molecule has 2 aromatic rings. The molecule has 2 atom stereocenters. The number of nitrogens with zero attached hydrogens (tertiary/aromatic N) is 2. The Morgan fingerprint density at radius 1 is 1.14 bits per heavy atom. The predicted octanol–water partition coefficient (Wildman–Crippen LogP) is 4.23. The number of aryl methyl sites for hydroxylation is 1. The average molecular weight is 398 g/mol. The van der Waals surface area contributed by atoms with Gasteiger partial charge in [0.05, 0.1) is 17.8 Å². The molecule has 1 amide bonds. The lowest BCUT2D eigenvalue weighted by molar-refractivity contribution is -0.0705. The molecule has 1 aromatic heterocycles. The summed E-state index contributed by atoms with van der Waals surface area (Å²) in [6.45, 7) is 15.9. The zero-order valence-electron chi connectivity index (χ0n) is 18.7. The third kappa shape index (κ3) is 5.09. The van der Waals surface area contributed by atoms with Crippen LogP contribution >= 0.6 is 0 Å². The summed E-state index contributed by atoms with van der Waals surface area (Å²) < 4.78 is 8.06. The van der Waals surface area contributed by atoms with E-state index in [1.807, 2.05) is 19.1 Å². The maximum absolute atomic E-state index is 12.9. The van der Waals surface area contributed by atoms with Gasteiger partial charge in [0.25, 0.3) is 5.91 Å². The zero-order valence-corrected chi connectivity index (χ0v) is 18.7. The molecule has 0 radical (unpaired) electrons. The minimum Gasteiger partial charge on any atom is -0.373 e. The summed E-state index contributed by atoms with van der Waals surface area (Å²) >= 11 is 0. The molecule has 5 heteroatoms. The fourth-order valence-electron chi connectivity index (χ4n) is 4.61.